The van der Waals surface area contributed by atoms with Gasteiger partial charge in [-0.3, -0.25) is 4.79 Å². The minimum Gasteiger partial charge on any atom is -0.461 e. The number of likely N-dealkylation sites (N-methyl/N-ethyl adjacent to an activating group) is 1. The van der Waals surface area contributed by atoms with Crippen LogP contribution in [0.1, 0.15) is 30.6 Å². The van der Waals surface area contributed by atoms with Crippen molar-refractivity contribution in [3.63, 3.8) is 0 Å². The lowest BCUT2D eigenvalue weighted by Gasteiger charge is -2.14. The van der Waals surface area contributed by atoms with Gasteiger partial charge in [-0.2, -0.15) is 0 Å². The zero-order valence-electron chi connectivity index (χ0n) is 10.5. The molecule has 1 unspecified atom stereocenters. The summed E-state index contributed by atoms with van der Waals surface area (Å²) in [4.78, 5) is 12.2. The van der Waals surface area contributed by atoms with Gasteiger partial charge in [0.2, 0.25) is 0 Å². The van der Waals surface area contributed by atoms with Crippen LogP contribution in [0.3, 0.4) is 0 Å². The van der Waals surface area contributed by atoms with Crippen molar-refractivity contribution in [3.05, 3.63) is 35.8 Å². The van der Waals surface area contributed by atoms with Crippen molar-refractivity contribution in [1.82, 2.24) is 5.32 Å². The molecule has 0 radical (unpaired) electrons. The number of hydrogen-bond donors (Lipinski definition) is 1. The smallest absolute Gasteiger partial charge is 0.182 e. The lowest BCUT2D eigenvalue weighted by molar-refractivity contribution is 0.0937. The molecule has 1 N–H and O–H groups in total. The molecule has 1 aromatic carbocycles. The Morgan fingerprint density at radius 2 is 2.17 bits per heavy atom. The van der Waals surface area contributed by atoms with Gasteiger partial charge >= 0.3 is 0 Å². The minimum atomic E-state index is -0.571. The molecule has 0 aliphatic heterocycles. The van der Waals surface area contributed by atoms with E-state index in [4.69, 9.17) is 4.42 Å². The second-order valence-electron chi connectivity index (χ2n) is 4.15. The van der Waals surface area contributed by atoms with E-state index >= 15 is 0 Å². The van der Waals surface area contributed by atoms with Gasteiger partial charge in [-0.05, 0) is 25.1 Å². The van der Waals surface area contributed by atoms with Crippen LogP contribution in [0.4, 0.5) is 4.39 Å². The molecule has 4 heteroatoms. The summed E-state index contributed by atoms with van der Waals surface area (Å²) in [6.45, 7) is 4.49. The van der Waals surface area contributed by atoms with Gasteiger partial charge in [0.25, 0.3) is 0 Å². The van der Waals surface area contributed by atoms with Crippen molar-refractivity contribution in [2.75, 3.05) is 6.54 Å². The normalized spacial score (nSPS) is 12.8. The van der Waals surface area contributed by atoms with Crippen LogP contribution in [0.2, 0.25) is 0 Å². The zero-order chi connectivity index (χ0) is 13.1. The Balaban J connectivity index is 2.40. The number of fused-ring (bicyclic) bond motifs is 1. The first kappa shape index (κ1) is 12.8. The average Bonchev–Trinajstić information content (AvgIpc) is 2.85. The van der Waals surface area contributed by atoms with Crippen LogP contribution in [-0.4, -0.2) is 18.4 Å². The number of hydrogen-bond acceptors (Lipinski definition) is 3. The van der Waals surface area contributed by atoms with Gasteiger partial charge in [-0.15, -0.1) is 0 Å². The molecule has 0 amide bonds. The van der Waals surface area contributed by atoms with Gasteiger partial charge in [0.1, 0.15) is 0 Å². The van der Waals surface area contributed by atoms with Crippen LogP contribution in [0.5, 0.6) is 0 Å². The predicted octanol–water partition coefficient (Wildman–Crippen LogP) is 3.14. The quantitative estimate of drug-likeness (QED) is 0.828. The summed E-state index contributed by atoms with van der Waals surface area (Å²) in [5.41, 5.74) is 0.234. The lowest BCUT2D eigenvalue weighted by Crippen LogP contribution is -2.36. The number of carbonyl (C=O) groups is 1. The van der Waals surface area contributed by atoms with E-state index in [1.165, 1.54) is 12.3 Å². The molecule has 2 aromatic rings. The number of ketones is 1. The van der Waals surface area contributed by atoms with E-state index in [0.717, 1.165) is 0 Å². The number of carbonyl (C=O) groups excluding carboxylic acids is 1. The van der Waals surface area contributed by atoms with Crippen molar-refractivity contribution in [2.45, 2.75) is 26.3 Å². The largest absolute Gasteiger partial charge is 0.461 e. The molecule has 18 heavy (non-hydrogen) atoms. The summed E-state index contributed by atoms with van der Waals surface area (Å²) < 4.78 is 19.2. The molecule has 2 rings (SSSR count). The van der Waals surface area contributed by atoms with Crippen LogP contribution >= 0.6 is 0 Å². The van der Waals surface area contributed by atoms with Crippen molar-refractivity contribution < 1.29 is 13.6 Å². The number of Topliss-reactive ketones (excluding diaryl/α,β-unsaturated/α-hetero) is 1. The number of halogens is 1. The summed E-state index contributed by atoms with van der Waals surface area (Å²) in [5, 5.41) is 3.72. The first-order valence-electron chi connectivity index (χ1n) is 6.12. The molecule has 0 saturated carbocycles. The second kappa shape index (κ2) is 5.31. The maximum Gasteiger partial charge on any atom is 0.182 e. The number of rotatable bonds is 5. The lowest BCUT2D eigenvalue weighted by atomic mass is 10.0. The summed E-state index contributed by atoms with van der Waals surface area (Å²) in [6.07, 6.45) is 2.05. The van der Waals surface area contributed by atoms with Gasteiger partial charge in [0, 0.05) is 5.39 Å². The van der Waals surface area contributed by atoms with Crippen molar-refractivity contribution in [1.29, 1.82) is 0 Å². The molecule has 0 bridgehead atoms. The maximum atomic E-state index is 14.1. The zero-order valence-corrected chi connectivity index (χ0v) is 10.5. The molecule has 0 aliphatic rings. The van der Waals surface area contributed by atoms with Gasteiger partial charge in [0.15, 0.2) is 17.2 Å². The molecule has 0 fully saturated rings. The first-order valence-corrected chi connectivity index (χ1v) is 6.12. The molecule has 1 atom stereocenters. The van der Waals surface area contributed by atoms with Gasteiger partial charge in [0.05, 0.1) is 17.9 Å². The van der Waals surface area contributed by atoms with Crippen LogP contribution in [-0.2, 0) is 0 Å². The van der Waals surface area contributed by atoms with Gasteiger partial charge in [-0.25, -0.2) is 4.39 Å². The van der Waals surface area contributed by atoms with Crippen LogP contribution in [0, 0.1) is 5.82 Å². The Morgan fingerprint density at radius 3 is 2.83 bits per heavy atom. The topological polar surface area (TPSA) is 42.2 Å². The summed E-state index contributed by atoms with van der Waals surface area (Å²) in [6, 6.07) is 4.55. The molecule has 0 saturated heterocycles. The fraction of sp³-hybridized carbons (Fsp3) is 0.357. The van der Waals surface area contributed by atoms with E-state index in [2.05, 4.69) is 5.32 Å². The summed E-state index contributed by atoms with van der Waals surface area (Å²) in [7, 11) is 0. The van der Waals surface area contributed by atoms with Crippen molar-refractivity contribution in [2.24, 2.45) is 0 Å². The Hall–Kier alpha value is -1.68. The SMILES string of the molecule is CCNC(CC)C(=O)c1ccc2ccoc2c1F. The highest BCUT2D eigenvalue weighted by molar-refractivity contribution is 6.02. The molecule has 1 heterocycles. The van der Waals surface area contributed by atoms with Gasteiger partial charge < -0.3 is 9.73 Å². The third kappa shape index (κ3) is 2.16. The van der Waals surface area contributed by atoms with Gasteiger partial charge in [-0.1, -0.05) is 19.9 Å². The molecule has 0 aliphatic carbocycles. The standard InChI is InChI=1S/C14H16FNO2/c1-3-11(16-4-2)13(17)10-6-5-9-7-8-18-14(9)12(10)15/h5-8,11,16H,3-4H2,1-2H3. The highest BCUT2D eigenvalue weighted by Gasteiger charge is 2.22. The molecular weight excluding hydrogens is 233 g/mol. The molecular formula is C14H16FNO2. The van der Waals surface area contributed by atoms with Crippen LogP contribution in [0.25, 0.3) is 11.0 Å². The number of benzene rings is 1. The van der Waals surface area contributed by atoms with Crippen molar-refractivity contribution in [3.8, 4) is 0 Å². The number of furan rings is 1. The van der Waals surface area contributed by atoms with E-state index in [9.17, 15) is 9.18 Å². The third-order valence-electron chi connectivity index (χ3n) is 3.00. The monoisotopic (exact) mass is 249 g/mol. The minimum absolute atomic E-state index is 0.0882. The predicted molar refractivity (Wildman–Crippen MR) is 68.3 cm³/mol. The fourth-order valence-corrected chi connectivity index (χ4v) is 2.04. The van der Waals surface area contributed by atoms with E-state index in [1.807, 2.05) is 13.8 Å². The van der Waals surface area contributed by atoms with Crippen molar-refractivity contribution >= 4 is 16.8 Å². The second-order valence-corrected chi connectivity index (χ2v) is 4.15. The number of nitrogens with one attached hydrogen (secondary N) is 1. The maximum absolute atomic E-state index is 14.1. The average molecular weight is 249 g/mol. The summed E-state index contributed by atoms with van der Waals surface area (Å²) in [5.74, 6) is -0.797. The Bertz CT molecular complexity index is 562. The molecule has 1 aromatic heterocycles. The van der Waals surface area contributed by atoms with Crippen LogP contribution < -0.4 is 5.32 Å². The highest BCUT2D eigenvalue weighted by Crippen LogP contribution is 2.23. The molecule has 96 valence electrons. The highest BCUT2D eigenvalue weighted by atomic mass is 19.1. The van der Waals surface area contributed by atoms with E-state index in [0.29, 0.717) is 18.4 Å². The Morgan fingerprint density at radius 1 is 1.39 bits per heavy atom. The van der Waals surface area contributed by atoms with E-state index in [-0.39, 0.29) is 23.0 Å². The molecule has 0 spiro atoms. The summed E-state index contributed by atoms with van der Waals surface area (Å²) >= 11 is 0. The Labute approximate surface area is 105 Å². The van der Waals surface area contributed by atoms with E-state index in [1.54, 1.807) is 12.1 Å². The molecule has 3 nitrogen and oxygen atoms in total. The third-order valence-corrected chi connectivity index (χ3v) is 3.00. The Kier molecular flexibility index (Phi) is 3.77. The van der Waals surface area contributed by atoms with E-state index < -0.39 is 5.82 Å². The van der Waals surface area contributed by atoms with Crippen LogP contribution in [0.15, 0.2) is 28.9 Å². The first-order chi connectivity index (χ1) is 8.69. The fourth-order valence-electron chi connectivity index (χ4n) is 2.04.